The number of nitriles is 1. The number of hydrogen-bond donors (Lipinski definition) is 1. The second-order valence-corrected chi connectivity index (χ2v) is 10.5. The van der Waals surface area contributed by atoms with Crippen LogP contribution in [0.25, 0.3) is 16.7 Å². The fourth-order valence-corrected chi connectivity index (χ4v) is 6.17. The molecule has 3 aromatic rings. The van der Waals surface area contributed by atoms with E-state index in [2.05, 4.69) is 34.1 Å². The van der Waals surface area contributed by atoms with Gasteiger partial charge in [0.1, 0.15) is 11.6 Å². The number of fused-ring (bicyclic) bond motifs is 1. The van der Waals surface area contributed by atoms with E-state index in [0.717, 1.165) is 49.1 Å². The number of carbonyl (C=O) groups excluding carboxylic acids is 1. The van der Waals surface area contributed by atoms with E-state index in [0.29, 0.717) is 27.1 Å². The van der Waals surface area contributed by atoms with Crippen LogP contribution in [-0.2, 0) is 4.79 Å². The highest BCUT2D eigenvalue weighted by molar-refractivity contribution is 6.35. The van der Waals surface area contributed by atoms with Crippen LogP contribution in [-0.4, -0.2) is 49.2 Å². The topological polar surface area (TPSA) is 114 Å². The van der Waals surface area contributed by atoms with Crippen LogP contribution in [0.5, 0.6) is 0 Å². The molecule has 2 N–H and O–H groups in total. The Hall–Kier alpha value is -2.99. The van der Waals surface area contributed by atoms with Crippen LogP contribution in [0, 0.1) is 17.2 Å². The highest BCUT2D eigenvalue weighted by Gasteiger charge is 2.37. The van der Waals surface area contributed by atoms with Crippen LogP contribution in [0.2, 0.25) is 10.0 Å². The lowest BCUT2D eigenvalue weighted by atomic mass is 9.83. The standard InChI is InChI=1S/C26H27Cl2N7O/c1-14-10-16(5-8-22(14)34-9-3-4-23(34)25(30)36)21-13-31-24-20(12-29)33-35(26(24)32-21)15(2)18-7-6-17(27)11-19(18)28/h5-7,11,13-15,22-23H,3-4,8-10H2,1-2H3,(H2,30,36)/t14?,15?,22?,23-/m0/s1. The second kappa shape index (κ2) is 9.81. The Morgan fingerprint density at radius 3 is 2.83 bits per heavy atom. The molecule has 1 saturated heterocycles. The van der Waals surface area contributed by atoms with Crippen molar-refractivity contribution >= 4 is 45.8 Å². The summed E-state index contributed by atoms with van der Waals surface area (Å²) in [6.07, 6.45) is 7.37. The predicted molar refractivity (Wildman–Crippen MR) is 139 cm³/mol. The summed E-state index contributed by atoms with van der Waals surface area (Å²) in [4.78, 5) is 23.7. The number of benzene rings is 1. The zero-order valence-corrected chi connectivity index (χ0v) is 21.7. The molecule has 1 aromatic carbocycles. The molecule has 2 aromatic heterocycles. The summed E-state index contributed by atoms with van der Waals surface area (Å²) < 4.78 is 1.71. The first-order valence-corrected chi connectivity index (χ1v) is 12.9. The van der Waals surface area contributed by atoms with Crippen molar-refractivity contribution in [3.05, 3.63) is 57.5 Å². The molecule has 36 heavy (non-hydrogen) atoms. The third-order valence-corrected chi connectivity index (χ3v) is 8.03. The molecule has 5 rings (SSSR count). The van der Waals surface area contributed by atoms with E-state index in [1.165, 1.54) is 0 Å². The largest absolute Gasteiger partial charge is 0.368 e. The van der Waals surface area contributed by atoms with Gasteiger partial charge in [-0.3, -0.25) is 9.69 Å². The van der Waals surface area contributed by atoms with Gasteiger partial charge in [-0.05, 0) is 68.3 Å². The monoisotopic (exact) mass is 523 g/mol. The maximum Gasteiger partial charge on any atom is 0.234 e. The molecule has 186 valence electrons. The summed E-state index contributed by atoms with van der Waals surface area (Å²) in [7, 11) is 0. The minimum Gasteiger partial charge on any atom is -0.368 e. The summed E-state index contributed by atoms with van der Waals surface area (Å²) in [5, 5.41) is 15.2. The highest BCUT2D eigenvalue weighted by Crippen LogP contribution is 2.37. The first-order chi connectivity index (χ1) is 17.3. The molecule has 3 unspecified atom stereocenters. The maximum absolute atomic E-state index is 11.9. The van der Waals surface area contributed by atoms with Crippen LogP contribution < -0.4 is 5.73 Å². The number of hydrogen-bond acceptors (Lipinski definition) is 6. The SMILES string of the molecule is CC1CC(c2cnc3c(C#N)nn(C(C)c4ccc(Cl)cc4Cl)c3n2)=CCC1N1CCC[C@H]1C(N)=O. The number of allylic oxidation sites excluding steroid dienone is 1. The summed E-state index contributed by atoms with van der Waals surface area (Å²) in [5.74, 6) is 0.0936. The lowest BCUT2D eigenvalue weighted by molar-refractivity contribution is -0.123. The van der Waals surface area contributed by atoms with E-state index >= 15 is 0 Å². The smallest absolute Gasteiger partial charge is 0.234 e. The summed E-state index contributed by atoms with van der Waals surface area (Å²) in [6, 6.07) is 7.27. The molecule has 0 spiro atoms. The molecule has 2 aliphatic rings. The van der Waals surface area contributed by atoms with Crippen molar-refractivity contribution in [1.29, 1.82) is 5.26 Å². The molecule has 0 bridgehead atoms. The lowest BCUT2D eigenvalue weighted by Gasteiger charge is -2.38. The number of rotatable bonds is 5. The van der Waals surface area contributed by atoms with Crippen molar-refractivity contribution in [2.75, 3.05) is 6.54 Å². The third-order valence-electron chi connectivity index (χ3n) is 7.47. The minimum absolute atomic E-state index is 0.177. The van der Waals surface area contributed by atoms with E-state index < -0.39 is 0 Å². The molecular weight excluding hydrogens is 497 g/mol. The molecular formula is C26H27Cl2N7O. The van der Waals surface area contributed by atoms with Gasteiger partial charge in [-0.2, -0.15) is 10.4 Å². The quantitative estimate of drug-likeness (QED) is 0.516. The molecule has 1 aliphatic heterocycles. The number of carbonyl (C=O) groups is 1. The zero-order chi connectivity index (χ0) is 25.6. The molecule has 10 heteroatoms. The Kier molecular flexibility index (Phi) is 6.73. The molecule has 4 atom stereocenters. The van der Waals surface area contributed by atoms with Gasteiger partial charge in [-0.25, -0.2) is 14.6 Å². The van der Waals surface area contributed by atoms with Gasteiger partial charge in [0, 0.05) is 16.1 Å². The van der Waals surface area contributed by atoms with Crippen molar-refractivity contribution in [1.82, 2.24) is 24.6 Å². The van der Waals surface area contributed by atoms with Crippen LogP contribution in [0.15, 0.2) is 30.5 Å². The van der Waals surface area contributed by atoms with Gasteiger partial charge < -0.3 is 5.73 Å². The lowest BCUT2D eigenvalue weighted by Crippen LogP contribution is -2.48. The maximum atomic E-state index is 11.9. The Morgan fingerprint density at radius 2 is 2.14 bits per heavy atom. The van der Waals surface area contributed by atoms with Crippen LogP contribution >= 0.6 is 23.2 Å². The Labute approximate surface area is 219 Å². The number of nitrogens with zero attached hydrogens (tertiary/aromatic N) is 6. The van der Waals surface area contributed by atoms with Crippen LogP contribution in [0.4, 0.5) is 0 Å². The fraction of sp³-hybridized carbons (Fsp3) is 0.423. The van der Waals surface area contributed by atoms with Crippen LogP contribution in [0.1, 0.15) is 62.5 Å². The number of likely N-dealkylation sites (tertiary alicyclic amines) is 1. The molecule has 0 radical (unpaired) electrons. The van der Waals surface area contributed by atoms with E-state index in [-0.39, 0.29) is 29.7 Å². The van der Waals surface area contributed by atoms with Gasteiger partial charge in [0.15, 0.2) is 11.3 Å². The number of halogens is 2. The fourth-order valence-electron chi connectivity index (χ4n) is 5.61. The van der Waals surface area contributed by atoms with Gasteiger partial charge in [0.05, 0.1) is 24.0 Å². The highest BCUT2D eigenvalue weighted by atomic mass is 35.5. The molecule has 0 saturated carbocycles. The molecule has 1 fully saturated rings. The first kappa shape index (κ1) is 24.7. The molecule has 1 aliphatic carbocycles. The minimum atomic E-state index is -0.284. The third kappa shape index (κ3) is 4.36. The number of primary amides is 1. The van der Waals surface area contributed by atoms with E-state index in [4.69, 9.17) is 33.9 Å². The van der Waals surface area contributed by atoms with Crippen molar-refractivity contribution in [3.63, 3.8) is 0 Å². The summed E-state index contributed by atoms with van der Waals surface area (Å²) >= 11 is 12.5. The van der Waals surface area contributed by atoms with Gasteiger partial charge in [0.2, 0.25) is 5.91 Å². The van der Waals surface area contributed by atoms with Gasteiger partial charge in [-0.15, -0.1) is 0 Å². The number of amides is 1. The molecule has 8 nitrogen and oxygen atoms in total. The average molecular weight is 524 g/mol. The second-order valence-electron chi connectivity index (χ2n) is 9.69. The average Bonchev–Trinajstić information content (AvgIpc) is 3.48. The van der Waals surface area contributed by atoms with Gasteiger partial charge in [-0.1, -0.05) is 42.3 Å². The van der Waals surface area contributed by atoms with E-state index in [1.807, 2.05) is 13.0 Å². The summed E-state index contributed by atoms with van der Waals surface area (Å²) in [6.45, 7) is 5.07. The van der Waals surface area contributed by atoms with Gasteiger partial charge >= 0.3 is 0 Å². The molecule has 3 heterocycles. The first-order valence-electron chi connectivity index (χ1n) is 12.1. The van der Waals surface area contributed by atoms with E-state index in [1.54, 1.807) is 23.0 Å². The number of nitrogens with two attached hydrogens (primary N) is 1. The Balaban J connectivity index is 1.49. The normalized spacial score (nSPS) is 23.4. The van der Waals surface area contributed by atoms with Gasteiger partial charge in [0.25, 0.3) is 0 Å². The van der Waals surface area contributed by atoms with Crippen molar-refractivity contribution < 1.29 is 4.79 Å². The Morgan fingerprint density at radius 1 is 1.33 bits per heavy atom. The zero-order valence-electron chi connectivity index (χ0n) is 20.2. The van der Waals surface area contributed by atoms with Crippen molar-refractivity contribution in [3.8, 4) is 6.07 Å². The Bertz CT molecular complexity index is 1410. The van der Waals surface area contributed by atoms with Crippen molar-refractivity contribution in [2.45, 2.75) is 57.7 Å². The van der Waals surface area contributed by atoms with Crippen molar-refractivity contribution in [2.24, 2.45) is 11.7 Å². The molecule has 1 amide bonds. The van der Waals surface area contributed by atoms with Crippen LogP contribution in [0.3, 0.4) is 0 Å². The predicted octanol–water partition coefficient (Wildman–Crippen LogP) is 4.75. The number of aromatic nitrogens is 4. The summed E-state index contributed by atoms with van der Waals surface area (Å²) in [5.41, 5.74) is 9.57. The van der Waals surface area contributed by atoms with E-state index in [9.17, 15) is 10.1 Å².